The molecule has 1 aromatic heterocycles. The van der Waals surface area contributed by atoms with Gasteiger partial charge < -0.3 is 0 Å². The van der Waals surface area contributed by atoms with Crippen LogP contribution in [-0.2, 0) is 0 Å². The summed E-state index contributed by atoms with van der Waals surface area (Å²) in [6, 6.07) is 14.8. The van der Waals surface area contributed by atoms with Gasteiger partial charge in [-0.15, -0.1) is 0 Å². The summed E-state index contributed by atoms with van der Waals surface area (Å²) >= 11 is 0. The lowest BCUT2D eigenvalue weighted by molar-refractivity contribution is 0.429. The van der Waals surface area contributed by atoms with E-state index in [4.69, 9.17) is 4.98 Å². The molecule has 0 radical (unpaired) electrons. The number of benzene rings is 2. The number of hydrogen-bond donors (Lipinski definition) is 1. The third-order valence-electron chi connectivity index (χ3n) is 4.50. The molecule has 0 bridgehead atoms. The van der Waals surface area contributed by atoms with Crippen LogP contribution >= 0.6 is 0 Å². The van der Waals surface area contributed by atoms with Crippen molar-refractivity contribution in [3.05, 3.63) is 48.3 Å². The Labute approximate surface area is 124 Å². The van der Waals surface area contributed by atoms with Crippen molar-refractivity contribution < 1.29 is 0 Å². The second-order valence-electron chi connectivity index (χ2n) is 5.94. The minimum Gasteiger partial charge on any atom is -0.262 e. The van der Waals surface area contributed by atoms with Crippen molar-refractivity contribution >= 4 is 10.8 Å². The Kier molecular flexibility index (Phi) is 3.18. The van der Waals surface area contributed by atoms with Gasteiger partial charge in [0.05, 0.1) is 0 Å². The van der Waals surface area contributed by atoms with E-state index in [1.807, 2.05) is 0 Å². The molecule has 0 unspecified atom stereocenters. The van der Waals surface area contributed by atoms with Crippen LogP contribution in [0.25, 0.3) is 22.2 Å². The normalized spacial score (nSPS) is 16.4. The monoisotopic (exact) mass is 277 g/mol. The minimum atomic E-state index is 0.570. The van der Waals surface area contributed by atoms with Crippen LogP contribution in [0.2, 0.25) is 0 Å². The molecule has 1 aliphatic carbocycles. The van der Waals surface area contributed by atoms with E-state index in [1.165, 1.54) is 42.9 Å². The number of aromatic nitrogens is 3. The SMILES string of the molecule is c1ccc2cc(-c3n[nH]c(C4CCCCC4)n3)ccc2c1. The van der Waals surface area contributed by atoms with Gasteiger partial charge in [-0.05, 0) is 29.7 Å². The molecule has 0 atom stereocenters. The van der Waals surface area contributed by atoms with E-state index < -0.39 is 0 Å². The fourth-order valence-electron chi connectivity index (χ4n) is 3.29. The Hall–Kier alpha value is -2.16. The zero-order valence-electron chi connectivity index (χ0n) is 12.0. The van der Waals surface area contributed by atoms with E-state index in [0.29, 0.717) is 5.92 Å². The fourth-order valence-corrected chi connectivity index (χ4v) is 3.29. The first-order valence-corrected chi connectivity index (χ1v) is 7.81. The Morgan fingerprint density at radius 1 is 0.905 bits per heavy atom. The summed E-state index contributed by atoms with van der Waals surface area (Å²) in [7, 11) is 0. The van der Waals surface area contributed by atoms with Crippen LogP contribution in [0, 0.1) is 0 Å². The lowest BCUT2D eigenvalue weighted by atomic mass is 9.89. The van der Waals surface area contributed by atoms with E-state index in [-0.39, 0.29) is 0 Å². The average Bonchev–Trinajstić information content (AvgIpc) is 3.05. The molecule has 4 rings (SSSR count). The highest BCUT2D eigenvalue weighted by Crippen LogP contribution is 2.31. The van der Waals surface area contributed by atoms with Crippen LogP contribution < -0.4 is 0 Å². The summed E-state index contributed by atoms with van der Waals surface area (Å²) in [4.78, 5) is 4.74. The largest absolute Gasteiger partial charge is 0.262 e. The second kappa shape index (κ2) is 5.32. The number of fused-ring (bicyclic) bond motifs is 1. The fraction of sp³-hybridized carbons (Fsp3) is 0.333. The van der Waals surface area contributed by atoms with Gasteiger partial charge in [0.15, 0.2) is 5.82 Å². The van der Waals surface area contributed by atoms with Gasteiger partial charge in [0, 0.05) is 11.5 Å². The third-order valence-corrected chi connectivity index (χ3v) is 4.50. The highest BCUT2D eigenvalue weighted by atomic mass is 15.2. The molecule has 0 spiro atoms. The lowest BCUT2D eigenvalue weighted by Crippen LogP contribution is -2.06. The minimum absolute atomic E-state index is 0.570. The molecule has 21 heavy (non-hydrogen) atoms. The van der Waals surface area contributed by atoms with Gasteiger partial charge in [-0.1, -0.05) is 55.7 Å². The zero-order valence-corrected chi connectivity index (χ0v) is 12.0. The number of nitrogens with one attached hydrogen (secondary N) is 1. The number of hydrogen-bond acceptors (Lipinski definition) is 2. The first-order valence-electron chi connectivity index (χ1n) is 7.81. The number of nitrogens with zero attached hydrogens (tertiary/aromatic N) is 2. The van der Waals surface area contributed by atoms with Crippen molar-refractivity contribution in [2.24, 2.45) is 0 Å². The van der Waals surface area contributed by atoms with Crippen molar-refractivity contribution in [3.63, 3.8) is 0 Å². The summed E-state index contributed by atoms with van der Waals surface area (Å²) in [5, 5.41) is 10.1. The maximum absolute atomic E-state index is 4.74. The zero-order chi connectivity index (χ0) is 14.1. The smallest absolute Gasteiger partial charge is 0.181 e. The molecule has 1 aliphatic rings. The average molecular weight is 277 g/mol. The predicted octanol–water partition coefficient (Wildman–Crippen LogP) is 4.67. The molecule has 1 N–H and O–H groups in total. The van der Waals surface area contributed by atoms with Crippen molar-refractivity contribution in [2.75, 3.05) is 0 Å². The van der Waals surface area contributed by atoms with Gasteiger partial charge in [-0.25, -0.2) is 4.98 Å². The van der Waals surface area contributed by atoms with Gasteiger partial charge in [-0.2, -0.15) is 5.10 Å². The number of rotatable bonds is 2. The van der Waals surface area contributed by atoms with Crippen LogP contribution in [0.15, 0.2) is 42.5 Å². The van der Waals surface area contributed by atoms with Gasteiger partial charge in [0.2, 0.25) is 0 Å². The van der Waals surface area contributed by atoms with Gasteiger partial charge in [-0.3, -0.25) is 5.10 Å². The molecule has 1 fully saturated rings. The highest BCUT2D eigenvalue weighted by molar-refractivity contribution is 5.86. The summed E-state index contributed by atoms with van der Waals surface area (Å²) in [5.41, 5.74) is 1.09. The Bertz CT molecular complexity index is 754. The predicted molar refractivity (Wildman–Crippen MR) is 85.2 cm³/mol. The first kappa shape index (κ1) is 12.6. The van der Waals surface area contributed by atoms with Crippen LogP contribution in [0.3, 0.4) is 0 Å². The summed E-state index contributed by atoms with van der Waals surface area (Å²) < 4.78 is 0. The molecule has 3 aromatic rings. The third kappa shape index (κ3) is 2.44. The molecule has 1 heterocycles. The molecule has 0 amide bonds. The second-order valence-corrected chi connectivity index (χ2v) is 5.94. The van der Waals surface area contributed by atoms with Crippen molar-refractivity contribution in [3.8, 4) is 11.4 Å². The van der Waals surface area contributed by atoms with E-state index in [9.17, 15) is 0 Å². The number of aromatic amines is 1. The van der Waals surface area contributed by atoms with Crippen molar-refractivity contribution in [1.29, 1.82) is 0 Å². The van der Waals surface area contributed by atoms with Gasteiger partial charge in [0.25, 0.3) is 0 Å². The molecule has 3 nitrogen and oxygen atoms in total. The standard InChI is InChI=1S/C18H19N3/c1-2-7-14(8-3-1)17-19-18(21-20-17)16-11-10-13-6-4-5-9-15(13)12-16/h4-6,9-12,14H,1-3,7-8H2,(H,19,20,21). The van der Waals surface area contributed by atoms with Crippen molar-refractivity contribution in [2.45, 2.75) is 38.0 Å². The molecule has 106 valence electrons. The van der Waals surface area contributed by atoms with Crippen LogP contribution in [-0.4, -0.2) is 15.2 Å². The van der Waals surface area contributed by atoms with Gasteiger partial charge >= 0.3 is 0 Å². The number of H-pyrrole nitrogens is 1. The molecular formula is C18H19N3. The van der Waals surface area contributed by atoms with Gasteiger partial charge in [0.1, 0.15) is 5.82 Å². The highest BCUT2D eigenvalue weighted by Gasteiger charge is 2.19. The molecule has 1 saturated carbocycles. The topological polar surface area (TPSA) is 41.6 Å². The summed E-state index contributed by atoms with van der Waals surface area (Å²) in [5.74, 6) is 2.46. The van der Waals surface area contributed by atoms with Crippen LogP contribution in [0.4, 0.5) is 0 Å². The Balaban J connectivity index is 1.67. The van der Waals surface area contributed by atoms with E-state index >= 15 is 0 Å². The lowest BCUT2D eigenvalue weighted by Gasteiger charge is -2.18. The summed E-state index contributed by atoms with van der Waals surface area (Å²) in [6.45, 7) is 0. The van der Waals surface area contributed by atoms with Crippen molar-refractivity contribution in [1.82, 2.24) is 15.2 Å². The summed E-state index contributed by atoms with van der Waals surface area (Å²) in [6.07, 6.45) is 6.48. The van der Waals surface area contributed by atoms with Crippen LogP contribution in [0.1, 0.15) is 43.8 Å². The molecule has 0 aliphatic heterocycles. The first-order chi connectivity index (χ1) is 10.4. The molecule has 2 aromatic carbocycles. The van der Waals surface area contributed by atoms with E-state index in [0.717, 1.165) is 17.2 Å². The molecule has 3 heteroatoms. The van der Waals surface area contributed by atoms with Crippen LogP contribution in [0.5, 0.6) is 0 Å². The molecular weight excluding hydrogens is 258 g/mol. The molecule has 0 saturated heterocycles. The Morgan fingerprint density at radius 2 is 1.71 bits per heavy atom. The van der Waals surface area contributed by atoms with E-state index in [2.05, 4.69) is 52.7 Å². The van der Waals surface area contributed by atoms with E-state index in [1.54, 1.807) is 0 Å². The maximum Gasteiger partial charge on any atom is 0.181 e. The quantitative estimate of drug-likeness (QED) is 0.739. The maximum atomic E-state index is 4.74. The Morgan fingerprint density at radius 3 is 2.57 bits per heavy atom.